The van der Waals surface area contributed by atoms with E-state index in [1.165, 1.54) is 5.01 Å². The summed E-state index contributed by atoms with van der Waals surface area (Å²) in [6.45, 7) is 1.14. The number of benzene rings is 1. The molecule has 2 heterocycles. The van der Waals surface area contributed by atoms with Crippen LogP contribution in [0.25, 0.3) is 0 Å². The van der Waals surface area contributed by atoms with E-state index in [0.29, 0.717) is 18.9 Å². The number of nitrogens with zero attached hydrogens (tertiary/aromatic N) is 3. The number of carbonyl (C=O) groups excluding carboxylic acids is 1. The lowest BCUT2D eigenvalue weighted by Gasteiger charge is -2.35. The van der Waals surface area contributed by atoms with Gasteiger partial charge in [0.2, 0.25) is 0 Å². The predicted octanol–water partition coefficient (Wildman–Crippen LogP) is 1.37. The Balaban J connectivity index is 1.66. The van der Waals surface area contributed by atoms with Gasteiger partial charge in [0.05, 0.1) is 12.7 Å². The molecule has 2 N–H and O–H groups in total. The molecule has 0 aromatic heterocycles. The van der Waals surface area contributed by atoms with Crippen molar-refractivity contribution in [3.8, 4) is 0 Å². The van der Waals surface area contributed by atoms with Crippen LogP contribution >= 0.6 is 0 Å². The summed E-state index contributed by atoms with van der Waals surface area (Å²) in [7, 11) is 0. The Hall–Kier alpha value is -2.76. The second-order valence-electron chi connectivity index (χ2n) is 4.40. The molecule has 0 spiro atoms. The van der Waals surface area contributed by atoms with Gasteiger partial charge in [0.25, 0.3) is 0 Å². The second kappa shape index (κ2) is 5.48. The lowest BCUT2D eigenvalue weighted by molar-refractivity contribution is 0.175. The topological polar surface area (TPSA) is 60.0 Å². The van der Waals surface area contributed by atoms with E-state index in [2.05, 4.69) is 15.7 Å². The Morgan fingerprint density at radius 3 is 3.05 bits per heavy atom. The van der Waals surface area contributed by atoms with Gasteiger partial charge in [-0.3, -0.25) is 10.4 Å². The third kappa shape index (κ3) is 2.49. The quantitative estimate of drug-likeness (QED) is 0.852. The highest BCUT2D eigenvalue weighted by atomic mass is 16.2. The zero-order valence-electron chi connectivity index (χ0n) is 10.9. The Morgan fingerprint density at radius 1 is 1.35 bits per heavy atom. The molecule has 0 fully saturated rings. The average molecular weight is 269 g/mol. The Morgan fingerprint density at radius 2 is 2.20 bits per heavy atom. The monoisotopic (exact) mass is 269 g/mol. The summed E-state index contributed by atoms with van der Waals surface area (Å²) in [5, 5.41) is 4.32. The van der Waals surface area contributed by atoms with Crippen LogP contribution in [0.1, 0.15) is 5.56 Å². The first-order valence-corrected chi connectivity index (χ1v) is 6.38. The normalized spacial score (nSPS) is 16.3. The maximum absolute atomic E-state index is 12.2. The molecular formula is C14H15N5O. The molecule has 2 amide bonds. The number of carbonyl (C=O) groups is 1. The number of rotatable bonds is 2. The largest absolute Gasteiger partial charge is 0.342 e. The summed E-state index contributed by atoms with van der Waals surface area (Å²) < 4.78 is 0. The number of urea groups is 1. The van der Waals surface area contributed by atoms with Crippen molar-refractivity contribution in [1.82, 2.24) is 20.7 Å². The summed E-state index contributed by atoms with van der Waals surface area (Å²) in [5.74, 6) is 0.709. The van der Waals surface area contributed by atoms with Gasteiger partial charge in [-0.1, -0.05) is 30.3 Å². The third-order valence-corrected chi connectivity index (χ3v) is 3.04. The second-order valence-corrected chi connectivity index (χ2v) is 4.40. The zero-order valence-corrected chi connectivity index (χ0v) is 10.9. The van der Waals surface area contributed by atoms with E-state index in [0.717, 1.165) is 5.56 Å². The van der Waals surface area contributed by atoms with Crippen molar-refractivity contribution in [3.05, 3.63) is 60.3 Å². The van der Waals surface area contributed by atoms with E-state index in [-0.39, 0.29) is 6.03 Å². The molecule has 0 bridgehead atoms. The van der Waals surface area contributed by atoms with Crippen LogP contribution < -0.4 is 10.7 Å². The number of aliphatic imine (C=N–C) groups is 1. The summed E-state index contributed by atoms with van der Waals surface area (Å²) in [6, 6.07) is 9.57. The number of hydrazine groups is 1. The molecule has 0 saturated carbocycles. The van der Waals surface area contributed by atoms with Crippen LogP contribution in [0.2, 0.25) is 0 Å². The van der Waals surface area contributed by atoms with E-state index in [1.807, 2.05) is 41.4 Å². The number of hydrogen-bond acceptors (Lipinski definition) is 4. The Bertz CT molecular complexity index is 578. The number of amides is 2. The van der Waals surface area contributed by atoms with Crippen molar-refractivity contribution in [2.24, 2.45) is 4.99 Å². The van der Waals surface area contributed by atoms with Crippen molar-refractivity contribution < 1.29 is 4.79 Å². The molecular weight excluding hydrogens is 254 g/mol. The molecule has 2 aliphatic rings. The average Bonchev–Trinajstić information content (AvgIpc) is 2.53. The molecule has 102 valence electrons. The summed E-state index contributed by atoms with van der Waals surface area (Å²) >= 11 is 0. The molecule has 0 atom stereocenters. The van der Waals surface area contributed by atoms with Crippen molar-refractivity contribution in [2.75, 3.05) is 6.54 Å². The standard InChI is InChI=1S/C14H15N5O/c20-14(16-10-12-4-2-1-3-5-12)19-13-11-15-6-8-18(13)9-7-17-19/h1-7,9,11,17H,8,10H2,(H,16,20). The summed E-state index contributed by atoms with van der Waals surface area (Å²) in [6.07, 6.45) is 7.04. The van der Waals surface area contributed by atoms with Crippen molar-refractivity contribution >= 4 is 12.2 Å². The van der Waals surface area contributed by atoms with Crippen molar-refractivity contribution in [1.29, 1.82) is 0 Å². The van der Waals surface area contributed by atoms with Crippen LogP contribution in [0, 0.1) is 0 Å². The number of fused-ring (bicyclic) bond motifs is 1. The van der Waals surface area contributed by atoms with Crippen LogP contribution in [0.15, 0.2) is 59.7 Å². The maximum atomic E-state index is 12.2. The smallest absolute Gasteiger partial charge is 0.332 e. The van der Waals surface area contributed by atoms with E-state index in [9.17, 15) is 4.79 Å². The van der Waals surface area contributed by atoms with Crippen molar-refractivity contribution in [3.63, 3.8) is 0 Å². The van der Waals surface area contributed by atoms with Crippen LogP contribution in [0.5, 0.6) is 0 Å². The van der Waals surface area contributed by atoms with Crippen LogP contribution in [-0.2, 0) is 6.54 Å². The minimum atomic E-state index is -0.216. The highest BCUT2D eigenvalue weighted by Gasteiger charge is 2.24. The van der Waals surface area contributed by atoms with Gasteiger partial charge in [0.1, 0.15) is 0 Å². The van der Waals surface area contributed by atoms with E-state index in [1.54, 1.807) is 18.6 Å². The van der Waals surface area contributed by atoms with Gasteiger partial charge in [-0.15, -0.1) is 0 Å². The molecule has 2 aliphatic heterocycles. The predicted molar refractivity (Wildman–Crippen MR) is 76.1 cm³/mol. The summed E-state index contributed by atoms with van der Waals surface area (Å²) in [5.41, 5.74) is 3.97. The molecule has 1 aromatic carbocycles. The molecule has 6 nitrogen and oxygen atoms in total. The van der Waals surface area contributed by atoms with Crippen LogP contribution in [0.4, 0.5) is 4.79 Å². The maximum Gasteiger partial charge on any atom is 0.342 e. The number of nitrogens with one attached hydrogen (secondary N) is 2. The van der Waals surface area contributed by atoms with Gasteiger partial charge in [-0.05, 0) is 5.56 Å². The van der Waals surface area contributed by atoms with Gasteiger partial charge in [-0.25, -0.2) is 4.79 Å². The molecule has 6 heteroatoms. The van der Waals surface area contributed by atoms with Gasteiger partial charge in [0, 0.05) is 25.2 Å². The molecule has 0 aliphatic carbocycles. The molecule has 0 saturated heterocycles. The molecule has 0 unspecified atom stereocenters. The third-order valence-electron chi connectivity index (χ3n) is 3.04. The highest BCUT2D eigenvalue weighted by Crippen LogP contribution is 2.15. The molecule has 0 radical (unpaired) electrons. The Labute approximate surface area is 117 Å². The fourth-order valence-corrected chi connectivity index (χ4v) is 2.02. The minimum absolute atomic E-state index is 0.216. The van der Waals surface area contributed by atoms with E-state index in [4.69, 9.17) is 0 Å². The lowest BCUT2D eigenvalue weighted by atomic mass is 10.2. The molecule has 20 heavy (non-hydrogen) atoms. The van der Waals surface area contributed by atoms with Crippen molar-refractivity contribution in [2.45, 2.75) is 6.54 Å². The first kappa shape index (κ1) is 12.3. The SMILES string of the molecule is O=C(NCc1ccccc1)N1NC=CN2CC=NC=C21. The number of hydrogen-bond donors (Lipinski definition) is 2. The molecule has 3 rings (SSSR count). The first-order valence-electron chi connectivity index (χ1n) is 6.38. The van der Waals surface area contributed by atoms with Gasteiger partial charge in [0.15, 0.2) is 5.82 Å². The van der Waals surface area contributed by atoms with Gasteiger partial charge in [-0.2, -0.15) is 5.01 Å². The van der Waals surface area contributed by atoms with Crippen LogP contribution in [-0.4, -0.2) is 28.7 Å². The highest BCUT2D eigenvalue weighted by molar-refractivity contribution is 5.76. The van der Waals surface area contributed by atoms with Crippen LogP contribution in [0.3, 0.4) is 0 Å². The fourth-order valence-electron chi connectivity index (χ4n) is 2.02. The van der Waals surface area contributed by atoms with Gasteiger partial charge >= 0.3 is 6.03 Å². The lowest BCUT2D eigenvalue weighted by Crippen LogP contribution is -2.51. The first-order chi connectivity index (χ1) is 9.84. The summed E-state index contributed by atoms with van der Waals surface area (Å²) in [4.78, 5) is 18.2. The fraction of sp³-hybridized carbons (Fsp3) is 0.143. The van der Waals surface area contributed by atoms with E-state index < -0.39 is 0 Å². The minimum Gasteiger partial charge on any atom is -0.332 e. The van der Waals surface area contributed by atoms with E-state index >= 15 is 0 Å². The zero-order chi connectivity index (χ0) is 13.8. The van der Waals surface area contributed by atoms with Gasteiger partial charge < -0.3 is 10.2 Å². The molecule has 1 aromatic rings. The Kier molecular flexibility index (Phi) is 3.36.